The van der Waals surface area contributed by atoms with Gasteiger partial charge in [-0.05, 0) is 42.5 Å². The first kappa shape index (κ1) is 19.8. The summed E-state index contributed by atoms with van der Waals surface area (Å²) in [5.74, 6) is -1.71. The Morgan fingerprint density at radius 2 is 1.66 bits per heavy atom. The standard InChI is InChI=1S/C23H17FN2O3/c1-26(18-7-3-2-4-8-18)22(27)19-9-5-6-10-20(19)23(28)29-15-17-13-16(14-25)11-12-21(17)24/h2-13H,15H2,1H3. The van der Waals surface area contributed by atoms with E-state index >= 15 is 0 Å². The lowest BCUT2D eigenvalue weighted by Gasteiger charge is -2.19. The summed E-state index contributed by atoms with van der Waals surface area (Å²) in [5.41, 5.74) is 1.28. The van der Waals surface area contributed by atoms with E-state index in [0.717, 1.165) is 6.07 Å². The molecule has 0 fully saturated rings. The molecule has 5 nitrogen and oxygen atoms in total. The highest BCUT2D eigenvalue weighted by Gasteiger charge is 2.21. The molecule has 0 atom stereocenters. The van der Waals surface area contributed by atoms with Crippen molar-refractivity contribution in [3.63, 3.8) is 0 Å². The fraction of sp³-hybridized carbons (Fsp3) is 0.0870. The Hall–Kier alpha value is -3.98. The molecule has 0 bridgehead atoms. The van der Waals surface area contributed by atoms with Gasteiger partial charge in [0.15, 0.2) is 0 Å². The van der Waals surface area contributed by atoms with E-state index in [0.29, 0.717) is 5.69 Å². The minimum absolute atomic E-state index is 0.0807. The van der Waals surface area contributed by atoms with Crippen LogP contribution in [0.5, 0.6) is 0 Å². The summed E-state index contributed by atoms with van der Waals surface area (Å²) in [6.07, 6.45) is 0. The predicted octanol–water partition coefficient (Wildman–Crippen LogP) is 4.33. The second kappa shape index (κ2) is 8.81. The van der Waals surface area contributed by atoms with Crippen LogP contribution in [-0.4, -0.2) is 18.9 Å². The van der Waals surface area contributed by atoms with Gasteiger partial charge in [-0.3, -0.25) is 4.79 Å². The van der Waals surface area contributed by atoms with Crippen molar-refractivity contribution in [3.05, 3.63) is 101 Å². The van der Waals surface area contributed by atoms with Crippen LogP contribution in [0.2, 0.25) is 0 Å². The minimum atomic E-state index is -0.753. The van der Waals surface area contributed by atoms with Crippen LogP contribution in [0.25, 0.3) is 0 Å². The average Bonchev–Trinajstić information content (AvgIpc) is 2.78. The minimum Gasteiger partial charge on any atom is -0.457 e. The van der Waals surface area contributed by atoms with Gasteiger partial charge in [-0.15, -0.1) is 0 Å². The Bertz CT molecular complexity index is 1090. The molecule has 144 valence electrons. The van der Waals surface area contributed by atoms with E-state index in [1.807, 2.05) is 24.3 Å². The SMILES string of the molecule is CN(C(=O)c1ccccc1C(=O)OCc1cc(C#N)ccc1F)c1ccccc1. The molecule has 3 aromatic rings. The molecular formula is C23H17FN2O3. The van der Waals surface area contributed by atoms with Gasteiger partial charge in [-0.25, -0.2) is 9.18 Å². The Labute approximate surface area is 167 Å². The smallest absolute Gasteiger partial charge is 0.339 e. The molecule has 0 unspecified atom stereocenters. The second-order valence-electron chi connectivity index (χ2n) is 6.24. The molecule has 0 saturated heterocycles. The summed E-state index contributed by atoms with van der Waals surface area (Å²) in [6.45, 7) is -0.350. The van der Waals surface area contributed by atoms with Gasteiger partial charge in [0.05, 0.1) is 22.8 Å². The van der Waals surface area contributed by atoms with Gasteiger partial charge in [0.2, 0.25) is 0 Å². The summed E-state index contributed by atoms with van der Waals surface area (Å²) >= 11 is 0. The number of halogens is 1. The molecule has 0 aliphatic carbocycles. The molecule has 0 spiro atoms. The normalized spacial score (nSPS) is 10.1. The molecule has 0 N–H and O–H groups in total. The third-order valence-corrected chi connectivity index (χ3v) is 4.36. The topological polar surface area (TPSA) is 70.4 Å². The van der Waals surface area contributed by atoms with Crippen molar-refractivity contribution in [2.75, 3.05) is 11.9 Å². The third kappa shape index (κ3) is 4.47. The van der Waals surface area contributed by atoms with Crippen LogP contribution in [0.15, 0.2) is 72.8 Å². The van der Waals surface area contributed by atoms with Gasteiger partial charge in [-0.1, -0.05) is 30.3 Å². The van der Waals surface area contributed by atoms with E-state index < -0.39 is 11.8 Å². The highest BCUT2D eigenvalue weighted by molar-refractivity contribution is 6.11. The predicted molar refractivity (Wildman–Crippen MR) is 106 cm³/mol. The lowest BCUT2D eigenvalue weighted by molar-refractivity contribution is 0.0466. The average molecular weight is 388 g/mol. The van der Waals surface area contributed by atoms with E-state index in [1.165, 1.54) is 29.2 Å². The van der Waals surface area contributed by atoms with Gasteiger partial charge >= 0.3 is 5.97 Å². The van der Waals surface area contributed by atoms with Crippen LogP contribution in [0.1, 0.15) is 31.8 Å². The number of carbonyl (C=O) groups is 2. The number of carbonyl (C=O) groups excluding carboxylic acids is 2. The van der Waals surface area contributed by atoms with E-state index in [-0.39, 0.29) is 34.8 Å². The number of amides is 1. The fourth-order valence-corrected chi connectivity index (χ4v) is 2.77. The molecule has 0 aromatic heterocycles. The number of rotatable bonds is 5. The van der Waals surface area contributed by atoms with Crippen LogP contribution in [-0.2, 0) is 11.3 Å². The molecule has 1 amide bonds. The van der Waals surface area contributed by atoms with Crippen LogP contribution < -0.4 is 4.90 Å². The maximum Gasteiger partial charge on any atom is 0.339 e. The van der Waals surface area contributed by atoms with Gasteiger partial charge in [0.1, 0.15) is 12.4 Å². The quantitative estimate of drug-likeness (QED) is 0.610. The van der Waals surface area contributed by atoms with Gasteiger partial charge in [0, 0.05) is 18.3 Å². The summed E-state index contributed by atoms with van der Waals surface area (Å²) < 4.78 is 19.1. The number of para-hydroxylation sites is 1. The number of anilines is 1. The first-order valence-electron chi connectivity index (χ1n) is 8.79. The van der Waals surface area contributed by atoms with Crippen molar-refractivity contribution in [2.24, 2.45) is 0 Å². The zero-order valence-electron chi connectivity index (χ0n) is 15.6. The van der Waals surface area contributed by atoms with Crippen molar-refractivity contribution in [1.82, 2.24) is 0 Å². The Kier molecular flexibility index (Phi) is 6.00. The van der Waals surface area contributed by atoms with E-state index in [4.69, 9.17) is 10.00 Å². The Morgan fingerprint density at radius 3 is 2.34 bits per heavy atom. The summed E-state index contributed by atoms with van der Waals surface area (Å²) in [6, 6.07) is 21.0. The summed E-state index contributed by atoms with van der Waals surface area (Å²) in [5, 5.41) is 8.93. The zero-order chi connectivity index (χ0) is 20.8. The second-order valence-corrected chi connectivity index (χ2v) is 6.24. The molecule has 0 heterocycles. The lowest BCUT2D eigenvalue weighted by Crippen LogP contribution is -2.28. The molecule has 0 aliphatic heterocycles. The summed E-state index contributed by atoms with van der Waals surface area (Å²) in [4.78, 5) is 26.9. The molecule has 0 radical (unpaired) electrons. The van der Waals surface area contributed by atoms with Gasteiger partial charge in [0.25, 0.3) is 5.91 Å². The van der Waals surface area contributed by atoms with Crippen LogP contribution in [0, 0.1) is 17.1 Å². The van der Waals surface area contributed by atoms with Crippen molar-refractivity contribution < 1.29 is 18.7 Å². The number of benzene rings is 3. The number of nitrogens with zero attached hydrogens (tertiary/aromatic N) is 2. The zero-order valence-corrected chi connectivity index (χ0v) is 15.6. The number of hydrogen-bond donors (Lipinski definition) is 0. The van der Waals surface area contributed by atoms with Crippen molar-refractivity contribution >= 4 is 17.6 Å². The third-order valence-electron chi connectivity index (χ3n) is 4.36. The molecule has 0 saturated carbocycles. The molecular weight excluding hydrogens is 371 g/mol. The summed E-state index contributed by atoms with van der Waals surface area (Å²) in [7, 11) is 1.61. The van der Waals surface area contributed by atoms with E-state index in [9.17, 15) is 14.0 Å². The molecule has 29 heavy (non-hydrogen) atoms. The van der Waals surface area contributed by atoms with Gasteiger partial charge < -0.3 is 9.64 Å². The van der Waals surface area contributed by atoms with Crippen molar-refractivity contribution in [1.29, 1.82) is 5.26 Å². The van der Waals surface area contributed by atoms with E-state index in [1.54, 1.807) is 31.3 Å². The molecule has 3 aromatic carbocycles. The Morgan fingerprint density at radius 1 is 1.00 bits per heavy atom. The lowest BCUT2D eigenvalue weighted by atomic mass is 10.1. The largest absolute Gasteiger partial charge is 0.457 e. The van der Waals surface area contributed by atoms with Crippen LogP contribution >= 0.6 is 0 Å². The number of ether oxygens (including phenoxy) is 1. The van der Waals surface area contributed by atoms with Gasteiger partial charge in [-0.2, -0.15) is 5.26 Å². The molecule has 3 rings (SSSR count). The van der Waals surface area contributed by atoms with E-state index in [2.05, 4.69) is 0 Å². The number of hydrogen-bond acceptors (Lipinski definition) is 4. The maximum atomic E-state index is 13.9. The fourth-order valence-electron chi connectivity index (χ4n) is 2.77. The highest BCUT2D eigenvalue weighted by Crippen LogP contribution is 2.19. The molecule has 6 heteroatoms. The van der Waals surface area contributed by atoms with Crippen LogP contribution in [0.3, 0.4) is 0 Å². The first-order chi connectivity index (χ1) is 14.0. The molecule has 0 aliphatic rings. The first-order valence-corrected chi connectivity index (χ1v) is 8.79. The number of nitriles is 1. The highest BCUT2D eigenvalue weighted by atomic mass is 19.1. The number of esters is 1. The Balaban J connectivity index is 1.80. The van der Waals surface area contributed by atoms with Crippen molar-refractivity contribution in [3.8, 4) is 6.07 Å². The maximum absolute atomic E-state index is 13.9. The van der Waals surface area contributed by atoms with Crippen LogP contribution in [0.4, 0.5) is 10.1 Å². The monoisotopic (exact) mass is 388 g/mol. The van der Waals surface area contributed by atoms with Crippen molar-refractivity contribution in [2.45, 2.75) is 6.61 Å².